The molecule has 1 atom stereocenters. The van der Waals surface area contributed by atoms with E-state index >= 15 is 0 Å². The quantitative estimate of drug-likeness (QED) is 0.755. The Hall–Kier alpha value is -1.39. The fourth-order valence-corrected chi connectivity index (χ4v) is 2.06. The van der Waals surface area contributed by atoms with Crippen molar-refractivity contribution in [3.8, 4) is 0 Å². The summed E-state index contributed by atoms with van der Waals surface area (Å²) < 4.78 is 0. The Morgan fingerprint density at radius 2 is 1.95 bits per heavy atom. The lowest BCUT2D eigenvalue weighted by atomic mass is 10.1. The van der Waals surface area contributed by atoms with Crippen LogP contribution in [0.2, 0.25) is 0 Å². The molecule has 19 heavy (non-hydrogen) atoms. The van der Waals surface area contributed by atoms with Gasteiger partial charge in [-0.15, -0.1) is 0 Å². The second kappa shape index (κ2) is 7.92. The van der Waals surface area contributed by atoms with E-state index in [0.717, 1.165) is 12.0 Å². The molecule has 1 aromatic rings. The van der Waals surface area contributed by atoms with Gasteiger partial charge in [0.25, 0.3) is 0 Å². The molecule has 0 spiro atoms. The Morgan fingerprint density at radius 1 is 1.32 bits per heavy atom. The Labute approximate surface area is 114 Å². The zero-order valence-electron chi connectivity index (χ0n) is 11.7. The van der Waals surface area contributed by atoms with Crippen molar-refractivity contribution in [1.29, 1.82) is 0 Å². The van der Waals surface area contributed by atoms with Crippen LogP contribution in [0.3, 0.4) is 0 Å². The third kappa shape index (κ3) is 5.41. The fraction of sp³-hybridized carbons (Fsp3) is 0.533. The van der Waals surface area contributed by atoms with E-state index in [1.807, 2.05) is 43.0 Å². The van der Waals surface area contributed by atoms with Crippen LogP contribution >= 0.6 is 0 Å². The molecule has 0 aromatic heterocycles. The molecule has 0 saturated heterocycles. The molecule has 0 heterocycles. The first-order chi connectivity index (χ1) is 9.06. The molecular formula is C15H23NO3. The monoisotopic (exact) mass is 265 g/mol. The van der Waals surface area contributed by atoms with Gasteiger partial charge in [-0.05, 0) is 18.9 Å². The number of hydrogen-bond donors (Lipinski definition) is 2. The summed E-state index contributed by atoms with van der Waals surface area (Å²) >= 11 is 0. The molecule has 0 aliphatic carbocycles. The second-order valence-corrected chi connectivity index (χ2v) is 4.84. The molecule has 1 unspecified atom stereocenters. The minimum absolute atomic E-state index is 0.0145. The van der Waals surface area contributed by atoms with E-state index in [9.17, 15) is 9.90 Å². The summed E-state index contributed by atoms with van der Waals surface area (Å²) in [6, 6.07) is 8.20. The first kappa shape index (κ1) is 15.7. The standard InChI is InChI=1S/C15H23NO3/c1-3-14(11-17)16(9-8-15(18)19)10-13-6-4-12(2)5-7-13/h4-7,14,17H,3,8-11H2,1-2H3,(H,18,19). The highest BCUT2D eigenvalue weighted by Crippen LogP contribution is 2.12. The molecule has 1 aromatic carbocycles. The van der Waals surface area contributed by atoms with E-state index in [0.29, 0.717) is 13.1 Å². The smallest absolute Gasteiger partial charge is 0.304 e. The van der Waals surface area contributed by atoms with Crippen LogP contribution in [0.4, 0.5) is 0 Å². The van der Waals surface area contributed by atoms with Crippen molar-refractivity contribution in [3.63, 3.8) is 0 Å². The predicted octanol–water partition coefficient (Wildman–Crippen LogP) is 2.04. The summed E-state index contributed by atoms with van der Waals surface area (Å²) in [6.07, 6.45) is 0.907. The van der Waals surface area contributed by atoms with E-state index < -0.39 is 5.97 Å². The van der Waals surface area contributed by atoms with Crippen molar-refractivity contribution in [2.75, 3.05) is 13.2 Å². The minimum atomic E-state index is -0.804. The Morgan fingerprint density at radius 3 is 2.42 bits per heavy atom. The zero-order chi connectivity index (χ0) is 14.3. The largest absolute Gasteiger partial charge is 0.481 e. The van der Waals surface area contributed by atoms with E-state index in [1.54, 1.807) is 0 Å². The number of nitrogens with zero attached hydrogens (tertiary/aromatic N) is 1. The number of hydrogen-bond acceptors (Lipinski definition) is 3. The van der Waals surface area contributed by atoms with Crippen molar-refractivity contribution >= 4 is 5.97 Å². The van der Waals surface area contributed by atoms with Crippen LogP contribution in [0.5, 0.6) is 0 Å². The Balaban J connectivity index is 2.71. The van der Waals surface area contributed by atoms with Gasteiger partial charge in [0.1, 0.15) is 0 Å². The van der Waals surface area contributed by atoms with Crippen LogP contribution in [0.25, 0.3) is 0 Å². The van der Waals surface area contributed by atoms with Crippen molar-refractivity contribution in [2.24, 2.45) is 0 Å². The van der Waals surface area contributed by atoms with Gasteiger partial charge in [-0.1, -0.05) is 36.8 Å². The number of aliphatic hydroxyl groups excluding tert-OH is 1. The summed E-state index contributed by atoms with van der Waals surface area (Å²) in [4.78, 5) is 12.8. The Bertz CT molecular complexity index is 385. The first-order valence-electron chi connectivity index (χ1n) is 6.69. The highest BCUT2D eigenvalue weighted by atomic mass is 16.4. The lowest BCUT2D eigenvalue weighted by Crippen LogP contribution is -2.38. The van der Waals surface area contributed by atoms with Crippen molar-refractivity contribution in [2.45, 2.75) is 39.3 Å². The summed E-state index contributed by atoms with van der Waals surface area (Å²) in [5.74, 6) is -0.804. The van der Waals surface area contributed by atoms with Crippen molar-refractivity contribution in [3.05, 3.63) is 35.4 Å². The van der Waals surface area contributed by atoms with Crippen LogP contribution in [0.1, 0.15) is 30.9 Å². The van der Waals surface area contributed by atoms with E-state index in [4.69, 9.17) is 5.11 Å². The first-order valence-corrected chi connectivity index (χ1v) is 6.69. The number of carbonyl (C=O) groups is 1. The molecular weight excluding hydrogens is 242 g/mol. The van der Waals surface area contributed by atoms with E-state index in [1.165, 1.54) is 5.56 Å². The molecule has 0 aliphatic rings. The van der Waals surface area contributed by atoms with Gasteiger partial charge in [0.05, 0.1) is 13.0 Å². The average molecular weight is 265 g/mol. The van der Waals surface area contributed by atoms with Crippen molar-refractivity contribution < 1.29 is 15.0 Å². The van der Waals surface area contributed by atoms with Crippen LogP contribution in [0, 0.1) is 6.92 Å². The molecule has 106 valence electrons. The highest BCUT2D eigenvalue weighted by molar-refractivity contribution is 5.66. The summed E-state index contributed by atoms with van der Waals surface area (Å²) in [7, 11) is 0. The topological polar surface area (TPSA) is 60.8 Å². The summed E-state index contributed by atoms with van der Waals surface area (Å²) in [6.45, 7) is 5.23. The maximum absolute atomic E-state index is 10.7. The molecule has 0 saturated carbocycles. The molecule has 0 radical (unpaired) electrons. The highest BCUT2D eigenvalue weighted by Gasteiger charge is 2.17. The predicted molar refractivity (Wildman–Crippen MR) is 75.0 cm³/mol. The molecule has 0 amide bonds. The third-order valence-electron chi connectivity index (χ3n) is 3.32. The van der Waals surface area contributed by atoms with Crippen LogP contribution in [0.15, 0.2) is 24.3 Å². The Kier molecular flexibility index (Phi) is 6.53. The van der Waals surface area contributed by atoms with Gasteiger partial charge in [0, 0.05) is 19.1 Å². The van der Waals surface area contributed by atoms with Gasteiger partial charge in [-0.2, -0.15) is 0 Å². The number of carboxylic acid groups (broad SMARTS) is 1. The van der Waals surface area contributed by atoms with E-state index in [-0.39, 0.29) is 19.1 Å². The zero-order valence-corrected chi connectivity index (χ0v) is 11.7. The van der Waals surface area contributed by atoms with Gasteiger partial charge in [0.15, 0.2) is 0 Å². The maximum Gasteiger partial charge on any atom is 0.304 e. The number of carboxylic acids is 1. The summed E-state index contributed by atoms with van der Waals surface area (Å²) in [5.41, 5.74) is 2.35. The van der Waals surface area contributed by atoms with Gasteiger partial charge in [0.2, 0.25) is 0 Å². The number of aliphatic hydroxyl groups is 1. The maximum atomic E-state index is 10.7. The van der Waals surface area contributed by atoms with Gasteiger partial charge < -0.3 is 10.2 Å². The molecule has 4 nitrogen and oxygen atoms in total. The second-order valence-electron chi connectivity index (χ2n) is 4.84. The third-order valence-corrected chi connectivity index (χ3v) is 3.32. The lowest BCUT2D eigenvalue weighted by Gasteiger charge is -2.29. The van der Waals surface area contributed by atoms with E-state index in [2.05, 4.69) is 0 Å². The van der Waals surface area contributed by atoms with Crippen LogP contribution in [-0.2, 0) is 11.3 Å². The molecule has 2 N–H and O–H groups in total. The number of aliphatic carboxylic acids is 1. The number of benzene rings is 1. The summed E-state index contributed by atoms with van der Waals surface area (Å²) in [5, 5.41) is 18.2. The van der Waals surface area contributed by atoms with Crippen LogP contribution in [-0.4, -0.2) is 40.3 Å². The molecule has 4 heteroatoms. The minimum Gasteiger partial charge on any atom is -0.481 e. The molecule has 0 aliphatic heterocycles. The fourth-order valence-electron chi connectivity index (χ4n) is 2.06. The van der Waals surface area contributed by atoms with Gasteiger partial charge in [-0.3, -0.25) is 9.69 Å². The van der Waals surface area contributed by atoms with Gasteiger partial charge >= 0.3 is 5.97 Å². The lowest BCUT2D eigenvalue weighted by molar-refractivity contribution is -0.137. The van der Waals surface area contributed by atoms with Crippen molar-refractivity contribution in [1.82, 2.24) is 4.90 Å². The van der Waals surface area contributed by atoms with Gasteiger partial charge in [-0.25, -0.2) is 0 Å². The number of aryl methyl sites for hydroxylation is 1. The SMILES string of the molecule is CCC(CO)N(CCC(=O)O)Cc1ccc(C)cc1. The normalized spacial score (nSPS) is 12.6. The molecule has 1 rings (SSSR count). The molecule has 0 bridgehead atoms. The number of rotatable bonds is 8. The molecule has 0 fully saturated rings. The average Bonchev–Trinajstić information content (AvgIpc) is 2.39. The van der Waals surface area contributed by atoms with Crippen LogP contribution < -0.4 is 0 Å².